The normalized spacial score (nSPS) is 12.5. The molecule has 0 bridgehead atoms. The van der Waals surface area contributed by atoms with Crippen molar-refractivity contribution in [2.24, 2.45) is 0 Å². The van der Waals surface area contributed by atoms with Gasteiger partial charge in [0, 0.05) is 20.2 Å². The Morgan fingerprint density at radius 1 is 1.69 bits per heavy atom. The molecule has 90 valence electrons. The van der Waals surface area contributed by atoms with Gasteiger partial charge in [-0.1, -0.05) is 0 Å². The van der Waals surface area contributed by atoms with E-state index in [1.54, 1.807) is 13.3 Å². The lowest BCUT2D eigenvalue weighted by molar-refractivity contribution is 0.129. The van der Waals surface area contributed by atoms with Crippen LogP contribution < -0.4 is 10.9 Å². The van der Waals surface area contributed by atoms with Crippen LogP contribution in [0.1, 0.15) is 13.8 Å². The van der Waals surface area contributed by atoms with Crippen LogP contribution in [-0.2, 0) is 11.3 Å². The minimum Gasteiger partial charge on any atom is -0.380 e. The Labute approximate surface area is 103 Å². The van der Waals surface area contributed by atoms with Crippen LogP contribution in [0.3, 0.4) is 0 Å². The predicted molar refractivity (Wildman–Crippen MR) is 66.8 cm³/mol. The maximum atomic E-state index is 11.7. The number of aryl methyl sites for hydroxylation is 1. The maximum Gasteiger partial charge on any atom is 0.283 e. The summed E-state index contributed by atoms with van der Waals surface area (Å²) in [5.74, 6) is 0. The largest absolute Gasteiger partial charge is 0.380 e. The van der Waals surface area contributed by atoms with Gasteiger partial charge in [-0.3, -0.25) is 4.79 Å². The fraction of sp³-hybridized carbons (Fsp3) is 0.600. The Hall–Kier alpha value is -0.880. The van der Waals surface area contributed by atoms with Crippen LogP contribution in [0.25, 0.3) is 0 Å². The molecule has 1 N–H and O–H groups in total. The molecule has 0 spiro atoms. The van der Waals surface area contributed by atoms with Gasteiger partial charge in [-0.15, -0.1) is 0 Å². The summed E-state index contributed by atoms with van der Waals surface area (Å²) in [7, 11) is 1.65. The molecular formula is C10H16BrN3O2. The molecule has 0 aliphatic carbocycles. The zero-order chi connectivity index (χ0) is 12.1. The third-order valence-electron chi connectivity index (χ3n) is 2.27. The highest BCUT2D eigenvalue weighted by molar-refractivity contribution is 9.10. The average molecular weight is 290 g/mol. The molecule has 6 heteroatoms. The molecule has 0 saturated carbocycles. The number of rotatable bonds is 5. The lowest BCUT2D eigenvalue weighted by Gasteiger charge is -2.13. The second kappa shape index (κ2) is 6.00. The lowest BCUT2D eigenvalue weighted by atomic mass is 10.3. The van der Waals surface area contributed by atoms with Crippen molar-refractivity contribution in [2.75, 3.05) is 19.0 Å². The SMILES string of the molecule is CCn1ncc(NCC(C)OC)c(Br)c1=O. The van der Waals surface area contributed by atoms with Crippen molar-refractivity contribution in [3.8, 4) is 0 Å². The molecule has 0 saturated heterocycles. The fourth-order valence-electron chi connectivity index (χ4n) is 1.15. The molecule has 1 aromatic rings. The predicted octanol–water partition coefficient (Wildman–Crippen LogP) is 1.47. The van der Waals surface area contributed by atoms with Gasteiger partial charge >= 0.3 is 0 Å². The number of ether oxygens (including phenoxy) is 1. The number of nitrogens with one attached hydrogen (secondary N) is 1. The summed E-state index contributed by atoms with van der Waals surface area (Å²) >= 11 is 3.27. The van der Waals surface area contributed by atoms with Gasteiger partial charge in [0.05, 0.1) is 18.0 Å². The van der Waals surface area contributed by atoms with Crippen molar-refractivity contribution >= 4 is 21.6 Å². The first kappa shape index (κ1) is 13.2. The fourth-order valence-corrected chi connectivity index (χ4v) is 1.60. The van der Waals surface area contributed by atoms with Gasteiger partial charge in [0.15, 0.2) is 0 Å². The number of halogens is 1. The van der Waals surface area contributed by atoms with E-state index in [9.17, 15) is 4.79 Å². The van der Waals surface area contributed by atoms with E-state index in [1.165, 1.54) is 4.68 Å². The summed E-state index contributed by atoms with van der Waals surface area (Å²) in [6.45, 7) is 5.01. The van der Waals surface area contributed by atoms with Crippen LogP contribution in [0.15, 0.2) is 15.5 Å². The molecule has 1 aromatic heterocycles. The van der Waals surface area contributed by atoms with Gasteiger partial charge in [0.1, 0.15) is 4.47 Å². The van der Waals surface area contributed by atoms with Crippen LogP contribution in [-0.4, -0.2) is 29.5 Å². The minimum atomic E-state index is -0.127. The molecule has 0 aliphatic rings. The van der Waals surface area contributed by atoms with E-state index in [2.05, 4.69) is 26.3 Å². The molecule has 1 atom stereocenters. The summed E-state index contributed by atoms with van der Waals surface area (Å²) in [6, 6.07) is 0. The number of methoxy groups -OCH3 is 1. The van der Waals surface area contributed by atoms with Gasteiger partial charge < -0.3 is 10.1 Å². The minimum absolute atomic E-state index is 0.0838. The third-order valence-corrected chi connectivity index (χ3v) is 3.03. The van der Waals surface area contributed by atoms with Crippen molar-refractivity contribution in [2.45, 2.75) is 26.5 Å². The standard InChI is InChI=1S/C10H16BrN3O2/c1-4-14-10(15)9(11)8(6-13-14)12-5-7(2)16-3/h6-7,12H,4-5H2,1-3H3. The van der Waals surface area contributed by atoms with Crippen molar-refractivity contribution in [3.63, 3.8) is 0 Å². The van der Waals surface area contributed by atoms with Crippen LogP contribution in [0.4, 0.5) is 5.69 Å². The van der Waals surface area contributed by atoms with Crippen LogP contribution >= 0.6 is 15.9 Å². The summed E-state index contributed by atoms with van der Waals surface area (Å²) in [5.41, 5.74) is 0.566. The second-order valence-corrected chi connectivity index (χ2v) is 4.21. The van der Waals surface area contributed by atoms with Crippen molar-refractivity contribution in [1.82, 2.24) is 9.78 Å². The Bertz CT molecular complexity index is 406. The summed E-state index contributed by atoms with van der Waals surface area (Å²) < 4.78 is 7.01. The molecule has 0 fully saturated rings. The van der Waals surface area contributed by atoms with E-state index in [-0.39, 0.29) is 11.7 Å². The average Bonchev–Trinajstić information content (AvgIpc) is 2.30. The Morgan fingerprint density at radius 3 is 2.94 bits per heavy atom. The number of aromatic nitrogens is 2. The third kappa shape index (κ3) is 3.05. The summed E-state index contributed by atoms with van der Waals surface area (Å²) in [5, 5.41) is 7.14. The second-order valence-electron chi connectivity index (χ2n) is 3.42. The van der Waals surface area contributed by atoms with Crippen molar-refractivity contribution < 1.29 is 4.74 Å². The van der Waals surface area contributed by atoms with E-state index >= 15 is 0 Å². The van der Waals surface area contributed by atoms with E-state index in [0.717, 1.165) is 0 Å². The van der Waals surface area contributed by atoms with Gasteiger partial charge in [0.2, 0.25) is 0 Å². The van der Waals surface area contributed by atoms with Gasteiger partial charge in [0.25, 0.3) is 5.56 Å². The number of hydrogen-bond acceptors (Lipinski definition) is 4. The molecule has 0 aliphatic heterocycles. The molecule has 0 radical (unpaired) electrons. The topological polar surface area (TPSA) is 56.1 Å². The smallest absolute Gasteiger partial charge is 0.283 e. The van der Waals surface area contributed by atoms with E-state index < -0.39 is 0 Å². The molecule has 1 rings (SSSR count). The lowest BCUT2D eigenvalue weighted by Crippen LogP contribution is -2.25. The number of hydrogen-bond donors (Lipinski definition) is 1. The molecule has 5 nitrogen and oxygen atoms in total. The molecule has 1 unspecified atom stereocenters. The molecule has 1 heterocycles. The first-order valence-corrected chi connectivity index (χ1v) is 5.91. The zero-order valence-corrected chi connectivity index (χ0v) is 11.2. The first-order valence-electron chi connectivity index (χ1n) is 5.12. The summed E-state index contributed by atoms with van der Waals surface area (Å²) in [6.07, 6.45) is 1.72. The Balaban J connectivity index is 2.83. The first-order chi connectivity index (χ1) is 7.60. The monoisotopic (exact) mass is 289 g/mol. The van der Waals surface area contributed by atoms with Crippen LogP contribution in [0.5, 0.6) is 0 Å². The Morgan fingerprint density at radius 2 is 2.38 bits per heavy atom. The highest BCUT2D eigenvalue weighted by Gasteiger charge is 2.08. The zero-order valence-electron chi connectivity index (χ0n) is 9.66. The maximum absolute atomic E-state index is 11.7. The number of anilines is 1. The molecule has 0 aromatic carbocycles. The molecular weight excluding hydrogens is 274 g/mol. The number of nitrogens with zero attached hydrogens (tertiary/aromatic N) is 2. The van der Waals surface area contributed by atoms with E-state index in [0.29, 0.717) is 23.2 Å². The quantitative estimate of drug-likeness (QED) is 0.892. The van der Waals surface area contributed by atoms with Crippen LogP contribution in [0.2, 0.25) is 0 Å². The van der Waals surface area contributed by atoms with E-state index in [1.807, 2.05) is 13.8 Å². The highest BCUT2D eigenvalue weighted by Crippen LogP contribution is 2.15. The van der Waals surface area contributed by atoms with Gasteiger partial charge in [-0.2, -0.15) is 5.10 Å². The highest BCUT2D eigenvalue weighted by atomic mass is 79.9. The van der Waals surface area contributed by atoms with Gasteiger partial charge in [-0.05, 0) is 29.8 Å². The summed E-state index contributed by atoms with van der Waals surface area (Å²) in [4.78, 5) is 11.7. The van der Waals surface area contributed by atoms with Gasteiger partial charge in [-0.25, -0.2) is 4.68 Å². The van der Waals surface area contributed by atoms with Crippen LogP contribution in [0, 0.1) is 0 Å². The van der Waals surface area contributed by atoms with Crippen molar-refractivity contribution in [1.29, 1.82) is 0 Å². The van der Waals surface area contributed by atoms with Crippen molar-refractivity contribution in [3.05, 3.63) is 21.0 Å². The van der Waals surface area contributed by atoms with E-state index in [4.69, 9.17) is 4.74 Å². The Kier molecular flexibility index (Phi) is 4.95. The molecule has 16 heavy (non-hydrogen) atoms. The molecule has 0 amide bonds.